The van der Waals surface area contributed by atoms with E-state index in [0.717, 1.165) is 5.56 Å². The number of likely N-dealkylation sites (N-methyl/N-ethyl adjacent to an activating group) is 1. The molecule has 2 N–H and O–H groups in total. The molecule has 0 radical (unpaired) electrons. The minimum atomic E-state index is -0.900. The van der Waals surface area contributed by atoms with E-state index in [1.807, 2.05) is 13.8 Å². The smallest absolute Gasteiger partial charge is 0.303 e. The highest BCUT2D eigenvalue weighted by molar-refractivity contribution is 6.31. The third-order valence-electron chi connectivity index (χ3n) is 2.86. The lowest BCUT2D eigenvalue weighted by molar-refractivity contribution is -0.137. The Morgan fingerprint density at radius 1 is 1.42 bits per heavy atom. The second kappa shape index (κ2) is 7.26. The fourth-order valence-corrected chi connectivity index (χ4v) is 1.96. The summed E-state index contributed by atoms with van der Waals surface area (Å²) in [6.45, 7) is 4.33. The maximum atomic E-state index is 12.3. The molecule has 0 aliphatic rings. The van der Waals surface area contributed by atoms with Crippen LogP contribution < -0.4 is 5.32 Å². The van der Waals surface area contributed by atoms with Crippen LogP contribution in [0.4, 0.5) is 0 Å². The Hall–Kier alpha value is -1.39. The second-order valence-corrected chi connectivity index (χ2v) is 4.78. The molecule has 0 amide bonds. The van der Waals surface area contributed by atoms with Crippen molar-refractivity contribution in [3.63, 3.8) is 0 Å². The van der Waals surface area contributed by atoms with Crippen LogP contribution in [0.25, 0.3) is 0 Å². The van der Waals surface area contributed by atoms with Crippen molar-refractivity contribution in [3.05, 3.63) is 34.3 Å². The minimum absolute atomic E-state index is 0.0318. The molecule has 0 aliphatic carbocycles. The van der Waals surface area contributed by atoms with Crippen molar-refractivity contribution >= 4 is 23.4 Å². The number of benzene rings is 1. The van der Waals surface area contributed by atoms with Crippen molar-refractivity contribution in [1.82, 2.24) is 5.32 Å². The summed E-state index contributed by atoms with van der Waals surface area (Å²) >= 11 is 5.92. The van der Waals surface area contributed by atoms with Gasteiger partial charge in [-0.15, -0.1) is 0 Å². The van der Waals surface area contributed by atoms with Gasteiger partial charge in [-0.2, -0.15) is 0 Å². The van der Waals surface area contributed by atoms with Gasteiger partial charge in [0.2, 0.25) is 0 Å². The predicted molar refractivity (Wildman–Crippen MR) is 74.9 cm³/mol. The summed E-state index contributed by atoms with van der Waals surface area (Å²) in [6, 6.07) is 4.62. The molecule has 0 saturated heterocycles. The van der Waals surface area contributed by atoms with E-state index in [2.05, 4.69) is 5.32 Å². The molecule has 0 saturated carbocycles. The highest BCUT2D eigenvalue weighted by atomic mass is 35.5. The first-order valence-electron chi connectivity index (χ1n) is 6.21. The molecule has 1 atom stereocenters. The van der Waals surface area contributed by atoms with Gasteiger partial charge in [-0.05, 0) is 43.7 Å². The molecule has 1 aromatic carbocycles. The van der Waals surface area contributed by atoms with E-state index in [-0.39, 0.29) is 18.6 Å². The van der Waals surface area contributed by atoms with Crippen molar-refractivity contribution < 1.29 is 14.7 Å². The number of aliphatic carboxylic acids is 1. The van der Waals surface area contributed by atoms with Crippen molar-refractivity contribution in [1.29, 1.82) is 0 Å². The predicted octanol–water partition coefficient (Wildman–Crippen LogP) is 2.67. The number of halogens is 1. The summed E-state index contributed by atoms with van der Waals surface area (Å²) in [5, 5.41) is 12.3. The molecular formula is C14H18ClNO3. The number of hydrogen-bond acceptors (Lipinski definition) is 3. The van der Waals surface area contributed by atoms with Gasteiger partial charge in [-0.1, -0.05) is 18.5 Å². The molecule has 0 spiro atoms. The summed E-state index contributed by atoms with van der Waals surface area (Å²) in [5.41, 5.74) is 1.39. The average Bonchev–Trinajstić information content (AvgIpc) is 2.36. The first kappa shape index (κ1) is 15.7. The number of Topliss-reactive ketones (excluding diaryl/α,β-unsaturated/α-hetero) is 1. The van der Waals surface area contributed by atoms with Crippen LogP contribution in [0.2, 0.25) is 5.02 Å². The Balaban J connectivity index is 2.85. The number of nitrogens with one attached hydrogen (secondary N) is 1. The maximum Gasteiger partial charge on any atom is 0.303 e. The van der Waals surface area contributed by atoms with Gasteiger partial charge in [-0.25, -0.2) is 0 Å². The molecule has 0 heterocycles. The van der Waals surface area contributed by atoms with Crippen molar-refractivity contribution in [3.8, 4) is 0 Å². The molecule has 1 aromatic rings. The number of carbonyl (C=O) groups excluding carboxylic acids is 1. The van der Waals surface area contributed by atoms with E-state index < -0.39 is 12.0 Å². The number of carboxylic acid groups (broad SMARTS) is 1. The molecule has 0 fully saturated rings. The number of carbonyl (C=O) groups is 2. The standard InChI is InChI=1S/C14H18ClNO3/c1-3-16-12(6-7-13(17)18)14(19)10-4-5-11(15)9(2)8-10/h4-5,8,12,16H,3,6-7H2,1-2H3,(H,17,18). The third-order valence-corrected chi connectivity index (χ3v) is 3.28. The van der Waals surface area contributed by atoms with Gasteiger partial charge < -0.3 is 10.4 Å². The summed E-state index contributed by atoms with van der Waals surface area (Å²) in [6.07, 6.45) is 0.250. The Kier molecular flexibility index (Phi) is 5.99. The zero-order valence-electron chi connectivity index (χ0n) is 11.1. The van der Waals surface area contributed by atoms with Crippen molar-refractivity contribution in [2.24, 2.45) is 0 Å². The lowest BCUT2D eigenvalue weighted by atomic mass is 9.99. The molecule has 4 nitrogen and oxygen atoms in total. The largest absolute Gasteiger partial charge is 0.481 e. The van der Waals surface area contributed by atoms with Gasteiger partial charge in [0.05, 0.1) is 6.04 Å². The average molecular weight is 284 g/mol. The number of rotatable bonds is 7. The molecule has 0 aliphatic heterocycles. The van der Waals surface area contributed by atoms with E-state index in [1.54, 1.807) is 18.2 Å². The zero-order chi connectivity index (χ0) is 14.4. The van der Waals surface area contributed by atoms with Gasteiger partial charge >= 0.3 is 5.97 Å². The first-order valence-corrected chi connectivity index (χ1v) is 6.59. The molecule has 5 heteroatoms. The lowest BCUT2D eigenvalue weighted by Gasteiger charge is -2.16. The monoisotopic (exact) mass is 283 g/mol. The first-order chi connectivity index (χ1) is 8.95. The molecule has 19 heavy (non-hydrogen) atoms. The second-order valence-electron chi connectivity index (χ2n) is 4.37. The van der Waals surface area contributed by atoms with Crippen LogP contribution in [-0.4, -0.2) is 29.4 Å². The van der Waals surface area contributed by atoms with Crippen LogP contribution in [0.15, 0.2) is 18.2 Å². The summed E-state index contributed by atoms with van der Waals surface area (Å²) in [4.78, 5) is 22.9. The van der Waals surface area contributed by atoms with Gasteiger partial charge in [0, 0.05) is 17.0 Å². The minimum Gasteiger partial charge on any atom is -0.481 e. The number of carboxylic acids is 1. The number of hydrogen-bond donors (Lipinski definition) is 2. The van der Waals surface area contributed by atoms with E-state index in [9.17, 15) is 9.59 Å². The fourth-order valence-electron chi connectivity index (χ4n) is 1.84. The number of ketones is 1. The van der Waals surface area contributed by atoms with Crippen molar-refractivity contribution in [2.45, 2.75) is 32.7 Å². The molecule has 104 valence electrons. The Morgan fingerprint density at radius 2 is 2.11 bits per heavy atom. The Morgan fingerprint density at radius 3 is 2.63 bits per heavy atom. The van der Waals surface area contributed by atoms with Gasteiger partial charge in [-0.3, -0.25) is 9.59 Å². The summed E-state index contributed by atoms with van der Waals surface area (Å²) < 4.78 is 0. The summed E-state index contributed by atoms with van der Waals surface area (Å²) in [7, 11) is 0. The Labute approximate surface area is 117 Å². The third kappa shape index (κ3) is 4.65. The van der Waals surface area contributed by atoms with E-state index in [1.165, 1.54) is 0 Å². The molecule has 0 bridgehead atoms. The molecule has 1 unspecified atom stereocenters. The van der Waals surface area contributed by atoms with Crippen LogP contribution in [0.5, 0.6) is 0 Å². The van der Waals surface area contributed by atoms with Gasteiger partial charge in [0.25, 0.3) is 0 Å². The van der Waals surface area contributed by atoms with E-state index in [0.29, 0.717) is 17.1 Å². The van der Waals surface area contributed by atoms with Crippen LogP contribution >= 0.6 is 11.6 Å². The SMILES string of the molecule is CCNC(CCC(=O)O)C(=O)c1ccc(Cl)c(C)c1. The Bertz CT molecular complexity index is 474. The van der Waals surface area contributed by atoms with E-state index in [4.69, 9.17) is 16.7 Å². The van der Waals surface area contributed by atoms with Gasteiger partial charge in [0.15, 0.2) is 5.78 Å². The topological polar surface area (TPSA) is 66.4 Å². The normalized spacial score (nSPS) is 12.2. The number of aryl methyl sites for hydroxylation is 1. The molecule has 1 rings (SSSR count). The van der Waals surface area contributed by atoms with Gasteiger partial charge in [0.1, 0.15) is 0 Å². The van der Waals surface area contributed by atoms with E-state index >= 15 is 0 Å². The molecule has 0 aromatic heterocycles. The highest BCUT2D eigenvalue weighted by Crippen LogP contribution is 2.18. The van der Waals surface area contributed by atoms with Crippen molar-refractivity contribution in [2.75, 3.05) is 6.54 Å². The zero-order valence-corrected chi connectivity index (χ0v) is 11.8. The fraction of sp³-hybridized carbons (Fsp3) is 0.429. The quantitative estimate of drug-likeness (QED) is 0.755. The van der Waals surface area contributed by atoms with Crippen LogP contribution in [0.3, 0.4) is 0 Å². The molecular weight excluding hydrogens is 266 g/mol. The van der Waals surface area contributed by atoms with Crippen LogP contribution in [0, 0.1) is 6.92 Å². The lowest BCUT2D eigenvalue weighted by Crippen LogP contribution is -2.37. The van der Waals surface area contributed by atoms with Crippen LogP contribution in [-0.2, 0) is 4.79 Å². The van der Waals surface area contributed by atoms with Crippen LogP contribution in [0.1, 0.15) is 35.7 Å². The summed E-state index contributed by atoms with van der Waals surface area (Å²) in [5.74, 6) is -0.995. The highest BCUT2D eigenvalue weighted by Gasteiger charge is 2.20. The maximum absolute atomic E-state index is 12.3.